The summed E-state index contributed by atoms with van der Waals surface area (Å²) in [7, 11) is 0. The summed E-state index contributed by atoms with van der Waals surface area (Å²) in [6.07, 6.45) is 10.7. The van der Waals surface area contributed by atoms with E-state index in [4.69, 9.17) is 4.74 Å². The molecule has 0 saturated heterocycles. The van der Waals surface area contributed by atoms with E-state index in [-0.39, 0.29) is 11.9 Å². The zero-order chi connectivity index (χ0) is 15.2. The largest absolute Gasteiger partial charge is 0.493 e. The highest BCUT2D eigenvalue weighted by Crippen LogP contribution is 2.32. The summed E-state index contributed by atoms with van der Waals surface area (Å²) in [5.41, 5.74) is 1.12. The van der Waals surface area contributed by atoms with Crippen LogP contribution in [0.2, 0.25) is 0 Å². The van der Waals surface area contributed by atoms with E-state index in [1.54, 1.807) is 0 Å². The quantitative estimate of drug-likeness (QED) is 0.876. The topological polar surface area (TPSA) is 38.3 Å². The molecule has 0 radical (unpaired) electrons. The van der Waals surface area contributed by atoms with Crippen LogP contribution in [0.1, 0.15) is 69.4 Å². The summed E-state index contributed by atoms with van der Waals surface area (Å²) in [5.74, 6) is 1.98. The van der Waals surface area contributed by atoms with Crippen LogP contribution in [0.4, 0.5) is 0 Å². The summed E-state index contributed by atoms with van der Waals surface area (Å²) in [6.45, 7) is 0.685. The molecule has 1 N–H and O–H groups in total. The second-order valence-corrected chi connectivity index (χ2v) is 6.69. The number of amides is 1. The van der Waals surface area contributed by atoms with Crippen molar-refractivity contribution in [1.82, 2.24) is 5.32 Å². The highest BCUT2D eigenvalue weighted by atomic mass is 16.5. The molecule has 0 unspecified atom stereocenters. The summed E-state index contributed by atoms with van der Waals surface area (Å²) >= 11 is 0. The van der Waals surface area contributed by atoms with Crippen molar-refractivity contribution in [3.05, 3.63) is 29.8 Å². The number of carbonyl (C=O) groups excluding carboxylic acids is 1. The fraction of sp³-hybridized carbons (Fsp3) is 0.632. The van der Waals surface area contributed by atoms with E-state index < -0.39 is 0 Å². The maximum Gasteiger partial charge on any atom is 0.220 e. The van der Waals surface area contributed by atoms with Crippen molar-refractivity contribution in [3.8, 4) is 5.75 Å². The minimum absolute atomic E-state index is 0.118. The van der Waals surface area contributed by atoms with Gasteiger partial charge >= 0.3 is 0 Å². The van der Waals surface area contributed by atoms with Gasteiger partial charge in [-0.25, -0.2) is 0 Å². The Hall–Kier alpha value is -1.51. The van der Waals surface area contributed by atoms with Crippen LogP contribution >= 0.6 is 0 Å². The molecule has 1 fully saturated rings. The monoisotopic (exact) mass is 301 g/mol. The highest BCUT2D eigenvalue weighted by molar-refractivity contribution is 5.76. The standard InChI is InChI=1S/C19H27NO2/c21-19(12-6-9-15-7-2-1-3-8-15)20-17-13-14-22-18-11-5-4-10-16(17)18/h4-5,10-11,15,17H,1-3,6-9,12-14H2,(H,20,21)/t17-/m0/s1. The predicted molar refractivity (Wildman–Crippen MR) is 87.9 cm³/mol. The summed E-state index contributed by atoms with van der Waals surface area (Å²) in [6, 6.07) is 8.15. The molecule has 1 aromatic rings. The van der Waals surface area contributed by atoms with Gasteiger partial charge in [0, 0.05) is 18.4 Å². The van der Waals surface area contributed by atoms with Crippen molar-refractivity contribution >= 4 is 5.91 Å². The molecule has 3 rings (SSSR count). The fourth-order valence-electron chi connectivity index (χ4n) is 3.79. The smallest absolute Gasteiger partial charge is 0.220 e. The zero-order valence-corrected chi connectivity index (χ0v) is 13.4. The number of rotatable bonds is 5. The van der Waals surface area contributed by atoms with Gasteiger partial charge in [-0.05, 0) is 24.8 Å². The van der Waals surface area contributed by atoms with Gasteiger partial charge in [-0.15, -0.1) is 0 Å². The zero-order valence-electron chi connectivity index (χ0n) is 13.4. The SMILES string of the molecule is O=C(CCCC1CCCCC1)N[C@H]1CCOc2ccccc21. The van der Waals surface area contributed by atoms with E-state index in [0.29, 0.717) is 13.0 Å². The van der Waals surface area contributed by atoms with Gasteiger partial charge < -0.3 is 10.1 Å². The Bertz CT molecular complexity index is 494. The number of hydrogen-bond donors (Lipinski definition) is 1. The first-order valence-corrected chi connectivity index (χ1v) is 8.84. The number of nitrogens with one attached hydrogen (secondary N) is 1. The van der Waals surface area contributed by atoms with E-state index in [9.17, 15) is 4.79 Å². The van der Waals surface area contributed by atoms with E-state index in [0.717, 1.165) is 30.1 Å². The van der Waals surface area contributed by atoms with Gasteiger partial charge in [0.2, 0.25) is 5.91 Å². The number of fused-ring (bicyclic) bond motifs is 1. The van der Waals surface area contributed by atoms with Crippen LogP contribution in [0.5, 0.6) is 5.75 Å². The molecular weight excluding hydrogens is 274 g/mol. The Morgan fingerprint density at radius 1 is 1.14 bits per heavy atom. The van der Waals surface area contributed by atoms with Crippen LogP contribution in [-0.2, 0) is 4.79 Å². The fourth-order valence-corrected chi connectivity index (χ4v) is 3.79. The molecule has 3 nitrogen and oxygen atoms in total. The number of ether oxygens (including phenoxy) is 1. The summed E-state index contributed by atoms with van der Waals surface area (Å²) in [4.78, 5) is 12.2. The maximum absolute atomic E-state index is 12.2. The number of para-hydroxylation sites is 1. The van der Waals surface area contributed by atoms with Crippen LogP contribution in [0.25, 0.3) is 0 Å². The van der Waals surface area contributed by atoms with Crippen molar-refractivity contribution in [2.45, 2.75) is 63.8 Å². The first-order chi connectivity index (χ1) is 10.8. The molecule has 1 aliphatic heterocycles. The van der Waals surface area contributed by atoms with Crippen LogP contribution < -0.4 is 10.1 Å². The highest BCUT2D eigenvalue weighted by Gasteiger charge is 2.22. The molecule has 1 aliphatic carbocycles. The van der Waals surface area contributed by atoms with Crippen molar-refractivity contribution in [2.75, 3.05) is 6.61 Å². The van der Waals surface area contributed by atoms with Gasteiger partial charge in [0.15, 0.2) is 0 Å². The van der Waals surface area contributed by atoms with Gasteiger partial charge in [-0.1, -0.05) is 50.3 Å². The van der Waals surface area contributed by atoms with E-state index >= 15 is 0 Å². The molecule has 1 saturated carbocycles. The number of hydrogen-bond acceptors (Lipinski definition) is 2. The molecule has 2 aliphatic rings. The third kappa shape index (κ3) is 4.02. The second kappa shape index (κ2) is 7.66. The Labute approximate surface area is 133 Å². The Kier molecular flexibility index (Phi) is 5.36. The summed E-state index contributed by atoms with van der Waals surface area (Å²) in [5, 5.41) is 3.19. The lowest BCUT2D eigenvalue weighted by atomic mass is 9.86. The van der Waals surface area contributed by atoms with Gasteiger partial charge in [0.05, 0.1) is 12.6 Å². The van der Waals surface area contributed by atoms with E-state index in [1.807, 2.05) is 18.2 Å². The van der Waals surface area contributed by atoms with E-state index in [1.165, 1.54) is 38.5 Å². The molecule has 1 aromatic carbocycles. The molecule has 120 valence electrons. The number of benzene rings is 1. The van der Waals surface area contributed by atoms with Crippen molar-refractivity contribution < 1.29 is 9.53 Å². The summed E-state index contributed by atoms with van der Waals surface area (Å²) < 4.78 is 5.64. The first kappa shape index (κ1) is 15.4. The third-order valence-corrected chi connectivity index (χ3v) is 5.03. The van der Waals surface area contributed by atoms with Crippen LogP contribution in [-0.4, -0.2) is 12.5 Å². The predicted octanol–water partition coefficient (Wildman–Crippen LogP) is 4.38. The van der Waals surface area contributed by atoms with Gasteiger partial charge in [-0.2, -0.15) is 0 Å². The Morgan fingerprint density at radius 3 is 2.82 bits per heavy atom. The van der Waals surface area contributed by atoms with Crippen molar-refractivity contribution in [1.29, 1.82) is 0 Å². The molecule has 1 amide bonds. The molecule has 22 heavy (non-hydrogen) atoms. The minimum atomic E-state index is 0.118. The Balaban J connectivity index is 1.44. The molecule has 0 bridgehead atoms. The molecule has 0 spiro atoms. The van der Waals surface area contributed by atoms with Crippen LogP contribution in [0.3, 0.4) is 0 Å². The average Bonchev–Trinajstić information content (AvgIpc) is 2.56. The normalized spacial score (nSPS) is 21.7. The van der Waals surface area contributed by atoms with Crippen molar-refractivity contribution in [3.63, 3.8) is 0 Å². The molecule has 1 atom stereocenters. The van der Waals surface area contributed by atoms with Crippen molar-refractivity contribution in [2.24, 2.45) is 5.92 Å². The van der Waals surface area contributed by atoms with Crippen LogP contribution in [0, 0.1) is 5.92 Å². The lowest BCUT2D eigenvalue weighted by molar-refractivity contribution is -0.122. The second-order valence-electron chi connectivity index (χ2n) is 6.69. The number of carbonyl (C=O) groups is 1. The lowest BCUT2D eigenvalue weighted by Gasteiger charge is -2.26. The minimum Gasteiger partial charge on any atom is -0.493 e. The first-order valence-electron chi connectivity index (χ1n) is 8.84. The molecule has 0 aromatic heterocycles. The van der Waals surface area contributed by atoms with E-state index in [2.05, 4.69) is 11.4 Å². The average molecular weight is 301 g/mol. The molecular formula is C19H27NO2. The Morgan fingerprint density at radius 2 is 1.95 bits per heavy atom. The maximum atomic E-state index is 12.2. The van der Waals surface area contributed by atoms with Crippen LogP contribution in [0.15, 0.2) is 24.3 Å². The van der Waals surface area contributed by atoms with Gasteiger partial charge in [0.1, 0.15) is 5.75 Å². The molecule has 3 heteroatoms. The third-order valence-electron chi connectivity index (χ3n) is 5.03. The van der Waals surface area contributed by atoms with Gasteiger partial charge in [-0.3, -0.25) is 4.79 Å². The molecule has 1 heterocycles. The van der Waals surface area contributed by atoms with Gasteiger partial charge in [0.25, 0.3) is 0 Å². The lowest BCUT2D eigenvalue weighted by Crippen LogP contribution is -2.32.